The lowest BCUT2D eigenvalue weighted by molar-refractivity contribution is 0.0823. The molecule has 6 nitrogen and oxygen atoms in total. The maximum Gasteiger partial charge on any atom is 0.257 e. The molecule has 0 unspecified atom stereocenters. The first-order valence-corrected chi connectivity index (χ1v) is 11.7. The summed E-state index contributed by atoms with van der Waals surface area (Å²) < 4.78 is 6.05. The monoisotopic (exact) mass is 444 g/mol. The van der Waals surface area contributed by atoms with Crippen LogP contribution in [0.3, 0.4) is 0 Å². The van der Waals surface area contributed by atoms with Crippen LogP contribution in [0.25, 0.3) is 0 Å². The van der Waals surface area contributed by atoms with Gasteiger partial charge in [-0.15, -0.1) is 0 Å². The van der Waals surface area contributed by atoms with Crippen molar-refractivity contribution in [3.05, 3.63) is 83.4 Å². The molecule has 0 radical (unpaired) electrons. The first-order valence-electron chi connectivity index (χ1n) is 11.7. The molecule has 3 aromatic rings. The van der Waals surface area contributed by atoms with Crippen molar-refractivity contribution in [3.63, 3.8) is 0 Å². The summed E-state index contributed by atoms with van der Waals surface area (Å²) >= 11 is 0. The Morgan fingerprint density at radius 1 is 1.03 bits per heavy atom. The maximum absolute atomic E-state index is 12.6. The first kappa shape index (κ1) is 22.8. The Bertz CT molecular complexity index is 1050. The van der Waals surface area contributed by atoms with Crippen LogP contribution in [0.1, 0.15) is 65.3 Å². The van der Waals surface area contributed by atoms with Crippen LogP contribution in [0.15, 0.2) is 60.9 Å². The Morgan fingerprint density at radius 2 is 1.82 bits per heavy atom. The van der Waals surface area contributed by atoms with Gasteiger partial charge in [0.2, 0.25) is 0 Å². The van der Waals surface area contributed by atoms with Crippen molar-refractivity contribution >= 4 is 11.6 Å². The predicted octanol–water partition coefficient (Wildman–Crippen LogP) is 5.42. The van der Waals surface area contributed by atoms with E-state index in [0.717, 1.165) is 22.6 Å². The lowest BCUT2D eigenvalue weighted by Crippen LogP contribution is -2.22. The molecule has 1 N–H and O–H groups in total. The van der Waals surface area contributed by atoms with E-state index in [9.17, 15) is 4.79 Å². The molecular weight excluding hydrogens is 412 g/mol. The summed E-state index contributed by atoms with van der Waals surface area (Å²) in [6, 6.07) is 15.5. The molecule has 0 spiro atoms. The second kappa shape index (κ2) is 10.9. The smallest absolute Gasteiger partial charge is 0.257 e. The lowest BCUT2D eigenvalue weighted by Gasteiger charge is -2.20. The second-order valence-corrected chi connectivity index (χ2v) is 8.81. The van der Waals surface area contributed by atoms with Crippen LogP contribution in [-0.2, 0) is 13.2 Å². The molecule has 33 heavy (non-hydrogen) atoms. The van der Waals surface area contributed by atoms with Crippen molar-refractivity contribution in [3.8, 4) is 5.75 Å². The van der Waals surface area contributed by atoms with Crippen molar-refractivity contribution in [2.24, 2.45) is 0 Å². The molecule has 1 heterocycles. The van der Waals surface area contributed by atoms with E-state index in [-0.39, 0.29) is 5.91 Å². The van der Waals surface area contributed by atoms with E-state index in [1.807, 2.05) is 60.9 Å². The highest BCUT2D eigenvalue weighted by Crippen LogP contribution is 2.31. The summed E-state index contributed by atoms with van der Waals surface area (Å²) in [4.78, 5) is 23.5. The Balaban J connectivity index is 1.44. The summed E-state index contributed by atoms with van der Waals surface area (Å²) in [6.45, 7) is 0.948. The Morgan fingerprint density at radius 3 is 2.52 bits per heavy atom. The highest BCUT2D eigenvalue weighted by atomic mass is 16.5. The number of benzene rings is 2. The summed E-state index contributed by atoms with van der Waals surface area (Å²) in [7, 11) is 3.48. The number of nitrogens with zero attached hydrogens (tertiary/aromatic N) is 3. The number of amides is 1. The molecule has 0 bridgehead atoms. The standard InChI is InChI=1S/C27H32N4O2/c1-31(2)27(32)24-14-13-22(15-26(24)33-19-20-9-5-3-6-10-20)28-16-23-17-30-25(18-29-23)21-11-7-4-8-12-21/h3,5-6,9-10,13-15,17-18,21,28H,4,7-8,11-12,16,19H2,1-2H3. The van der Waals surface area contributed by atoms with E-state index in [2.05, 4.69) is 15.3 Å². The van der Waals surface area contributed by atoms with E-state index in [4.69, 9.17) is 4.74 Å². The molecule has 0 atom stereocenters. The van der Waals surface area contributed by atoms with Crippen molar-refractivity contribution < 1.29 is 9.53 Å². The minimum atomic E-state index is -0.0891. The zero-order chi connectivity index (χ0) is 23.0. The van der Waals surface area contributed by atoms with Gasteiger partial charge >= 0.3 is 0 Å². The van der Waals surface area contributed by atoms with Gasteiger partial charge in [-0.2, -0.15) is 0 Å². The van der Waals surface area contributed by atoms with Crippen LogP contribution in [0.2, 0.25) is 0 Å². The third kappa shape index (κ3) is 6.09. The number of hydrogen-bond donors (Lipinski definition) is 1. The van der Waals surface area contributed by atoms with Crippen molar-refractivity contribution in [2.75, 3.05) is 19.4 Å². The fraction of sp³-hybridized carbons (Fsp3) is 0.370. The maximum atomic E-state index is 12.6. The van der Waals surface area contributed by atoms with Gasteiger partial charge in [0.25, 0.3) is 5.91 Å². The van der Waals surface area contributed by atoms with Gasteiger partial charge in [0.1, 0.15) is 12.4 Å². The van der Waals surface area contributed by atoms with Crippen LogP contribution in [-0.4, -0.2) is 34.9 Å². The fourth-order valence-electron chi connectivity index (χ4n) is 4.16. The molecule has 0 aliphatic heterocycles. The van der Waals surface area contributed by atoms with E-state index >= 15 is 0 Å². The van der Waals surface area contributed by atoms with Crippen molar-refractivity contribution in [2.45, 2.75) is 51.2 Å². The van der Waals surface area contributed by atoms with Crippen LogP contribution in [0, 0.1) is 0 Å². The summed E-state index contributed by atoms with van der Waals surface area (Å²) in [5, 5.41) is 3.39. The zero-order valence-electron chi connectivity index (χ0n) is 19.5. The molecule has 4 rings (SSSR count). The number of anilines is 1. The number of ether oxygens (including phenoxy) is 1. The molecule has 172 valence electrons. The Labute approximate surface area is 196 Å². The van der Waals surface area contributed by atoms with Crippen molar-refractivity contribution in [1.29, 1.82) is 0 Å². The minimum absolute atomic E-state index is 0.0891. The van der Waals surface area contributed by atoms with Crippen LogP contribution in [0.5, 0.6) is 5.75 Å². The predicted molar refractivity (Wildman–Crippen MR) is 130 cm³/mol. The molecule has 2 aromatic carbocycles. The number of hydrogen-bond acceptors (Lipinski definition) is 5. The number of nitrogens with one attached hydrogen (secondary N) is 1. The molecule has 1 saturated carbocycles. The van der Waals surface area contributed by atoms with Crippen LogP contribution < -0.4 is 10.1 Å². The summed E-state index contributed by atoms with van der Waals surface area (Å²) in [6.07, 6.45) is 10.1. The molecule has 0 saturated heterocycles. The molecular formula is C27H32N4O2. The SMILES string of the molecule is CN(C)C(=O)c1ccc(NCc2cnc(C3CCCCC3)cn2)cc1OCc1ccccc1. The third-order valence-corrected chi connectivity index (χ3v) is 6.08. The summed E-state index contributed by atoms with van der Waals surface area (Å²) in [5.74, 6) is 1.02. The van der Waals surface area contributed by atoms with Gasteiger partial charge in [0.05, 0.1) is 29.7 Å². The first-order chi connectivity index (χ1) is 16.1. The van der Waals surface area contributed by atoms with Gasteiger partial charge in [-0.25, -0.2) is 0 Å². The molecule has 1 aromatic heterocycles. The largest absolute Gasteiger partial charge is 0.488 e. The highest BCUT2D eigenvalue weighted by Gasteiger charge is 2.18. The van der Waals surface area contributed by atoms with Crippen LogP contribution in [0.4, 0.5) is 5.69 Å². The van der Waals surface area contributed by atoms with E-state index < -0.39 is 0 Å². The lowest BCUT2D eigenvalue weighted by atomic mass is 9.87. The number of carbonyl (C=O) groups excluding carboxylic acids is 1. The quantitative estimate of drug-likeness (QED) is 0.503. The van der Waals surface area contributed by atoms with E-state index in [1.54, 1.807) is 19.0 Å². The molecule has 1 aliphatic rings. The Hall–Kier alpha value is -3.41. The Kier molecular flexibility index (Phi) is 7.55. The molecule has 1 fully saturated rings. The van der Waals surface area contributed by atoms with Gasteiger partial charge in [0, 0.05) is 38.0 Å². The van der Waals surface area contributed by atoms with Gasteiger partial charge in [0.15, 0.2) is 0 Å². The highest BCUT2D eigenvalue weighted by molar-refractivity contribution is 5.97. The molecule has 1 amide bonds. The molecule has 1 aliphatic carbocycles. The zero-order valence-corrected chi connectivity index (χ0v) is 19.5. The normalized spacial score (nSPS) is 14.0. The summed E-state index contributed by atoms with van der Waals surface area (Å²) in [5.41, 5.74) is 4.45. The third-order valence-electron chi connectivity index (χ3n) is 6.08. The second-order valence-electron chi connectivity index (χ2n) is 8.81. The van der Waals surface area contributed by atoms with Gasteiger partial charge < -0.3 is 15.0 Å². The van der Waals surface area contributed by atoms with Gasteiger partial charge in [-0.3, -0.25) is 14.8 Å². The average Bonchev–Trinajstić information content (AvgIpc) is 2.87. The number of aromatic nitrogens is 2. The number of rotatable bonds is 8. The average molecular weight is 445 g/mol. The van der Waals surface area contributed by atoms with E-state index in [1.165, 1.54) is 32.1 Å². The van der Waals surface area contributed by atoms with Gasteiger partial charge in [-0.1, -0.05) is 49.6 Å². The fourth-order valence-corrected chi connectivity index (χ4v) is 4.16. The van der Waals surface area contributed by atoms with Crippen molar-refractivity contribution in [1.82, 2.24) is 14.9 Å². The topological polar surface area (TPSA) is 67.4 Å². The minimum Gasteiger partial charge on any atom is -0.488 e. The van der Waals surface area contributed by atoms with Crippen LogP contribution >= 0.6 is 0 Å². The molecule has 6 heteroatoms. The van der Waals surface area contributed by atoms with E-state index in [0.29, 0.717) is 30.4 Å². The van der Waals surface area contributed by atoms with Gasteiger partial charge in [-0.05, 0) is 30.5 Å². The number of carbonyl (C=O) groups is 1.